The van der Waals surface area contributed by atoms with Gasteiger partial charge in [-0.25, -0.2) is 4.79 Å². The van der Waals surface area contributed by atoms with Crippen LogP contribution >= 0.6 is 23.1 Å². The molecule has 0 atom stereocenters. The predicted octanol–water partition coefficient (Wildman–Crippen LogP) is 2.85. The van der Waals surface area contributed by atoms with Gasteiger partial charge in [-0.15, -0.1) is 23.1 Å². The summed E-state index contributed by atoms with van der Waals surface area (Å²) in [4.78, 5) is 24.7. The fourth-order valence-electron chi connectivity index (χ4n) is 1.60. The number of hydrogen-bond donors (Lipinski definition) is 2. The first-order chi connectivity index (χ1) is 10.1. The van der Waals surface area contributed by atoms with E-state index >= 15 is 0 Å². The van der Waals surface area contributed by atoms with Crippen LogP contribution in [-0.2, 0) is 9.53 Å². The molecular formula is C14H14N2O3S2. The molecule has 7 heteroatoms. The Morgan fingerprint density at radius 1 is 1.38 bits per heavy atom. The second kappa shape index (κ2) is 7.14. The van der Waals surface area contributed by atoms with Crippen LogP contribution in [-0.4, -0.2) is 24.7 Å². The molecule has 1 amide bonds. The normalized spacial score (nSPS) is 10.1. The van der Waals surface area contributed by atoms with Crippen LogP contribution < -0.4 is 11.1 Å². The van der Waals surface area contributed by atoms with E-state index in [4.69, 9.17) is 5.73 Å². The van der Waals surface area contributed by atoms with E-state index in [1.165, 1.54) is 30.2 Å². The van der Waals surface area contributed by atoms with Crippen LogP contribution in [0, 0.1) is 0 Å². The third kappa shape index (κ3) is 4.24. The summed E-state index contributed by atoms with van der Waals surface area (Å²) in [6.07, 6.45) is 0. The highest BCUT2D eigenvalue weighted by Crippen LogP contribution is 2.24. The Hall–Kier alpha value is -1.99. The fraction of sp³-hybridized carbons (Fsp3) is 0.143. The molecule has 21 heavy (non-hydrogen) atoms. The number of nitrogens with one attached hydrogen (secondary N) is 1. The third-order valence-electron chi connectivity index (χ3n) is 2.54. The van der Waals surface area contributed by atoms with Crippen LogP contribution in [0.4, 0.5) is 11.4 Å². The van der Waals surface area contributed by atoms with Gasteiger partial charge in [0.25, 0.3) is 0 Å². The molecule has 0 unspecified atom stereocenters. The molecule has 1 heterocycles. The third-order valence-corrected chi connectivity index (χ3v) is 4.43. The number of benzene rings is 1. The van der Waals surface area contributed by atoms with Crippen molar-refractivity contribution in [1.29, 1.82) is 0 Å². The Morgan fingerprint density at radius 3 is 2.90 bits per heavy atom. The highest BCUT2D eigenvalue weighted by Gasteiger charge is 2.15. The van der Waals surface area contributed by atoms with Crippen molar-refractivity contribution in [3.63, 3.8) is 0 Å². The van der Waals surface area contributed by atoms with Crippen molar-refractivity contribution < 1.29 is 14.3 Å². The van der Waals surface area contributed by atoms with Gasteiger partial charge in [-0.3, -0.25) is 4.79 Å². The molecule has 1 aromatic heterocycles. The SMILES string of the molecule is COC(=O)c1sccc1NC(=O)CSc1cccc(N)c1. The zero-order valence-corrected chi connectivity index (χ0v) is 12.9. The summed E-state index contributed by atoms with van der Waals surface area (Å²) in [7, 11) is 1.31. The second-order valence-electron chi connectivity index (χ2n) is 4.06. The zero-order valence-electron chi connectivity index (χ0n) is 11.3. The van der Waals surface area contributed by atoms with Crippen molar-refractivity contribution in [1.82, 2.24) is 0 Å². The van der Waals surface area contributed by atoms with Crippen LogP contribution in [0.5, 0.6) is 0 Å². The van der Waals surface area contributed by atoms with Crippen molar-refractivity contribution in [3.05, 3.63) is 40.6 Å². The van der Waals surface area contributed by atoms with Gasteiger partial charge in [0.05, 0.1) is 18.6 Å². The number of thiophene rings is 1. The number of carbonyl (C=O) groups is 2. The molecule has 0 bridgehead atoms. The van der Waals surface area contributed by atoms with Gasteiger partial charge >= 0.3 is 5.97 Å². The topological polar surface area (TPSA) is 81.4 Å². The lowest BCUT2D eigenvalue weighted by molar-refractivity contribution is -0.113. The first kappa shape index (κ1) is 15.4. The highest BCUT2D eigenvalue weighted by atomic mass is 32.2. The van der Waals surface area contributed by atoms with E-state index < -0.39 is 5.97 Å². The Balaban J connectivity index is 1.93. The maximum Gasteiger partial charge on any atom is 0.350 e. The van der Waals surface area contributed by atoms with Gasteiger partial charge in [0, 0.05) is 10.6 Å². The number of rotatable bonds is 5. The standard InChI is InChI=1S/C14H14N2O3S2/c1-19-14(18)13-11(5-6-20-13)16-12(17)8-21-10-4-2-3-9(15)7-10/h2-7H,8,15H2,1H3,(H,16,17). The number of anilines is 2. The number of amides is 1. The van der Waals surface area contributed by atoms with E-state index in [1.54, 1.807) is 17.5 Å². The predicted molar refractivity (Wildman–Crippen MR) is 85.9 cm³/mol. The first-order valence-corrected chi connectivity index (χ1v) is 7.90. The molecule has 5 nitrogen and oxygen atoms in total. The Bertz CT molecular complexity index is 655. The van der Waals surface area contributed by atoms with Crippen molar-refractivity contribution >= 4 is 46.3 Å². The van der Waals surface area contributed by atoms with E-state index in [2.05, 4.69) is 10.1 Å². The average Bonchev–Trinajstić information content (AvgIpc) is 2.92. The summed E-state index contributed by atoms with van der Waals surface area (Å²) in [6.45, 7) is 0. The fourth-order valence-corrected chi connectivity index (χ4v) is 3.13. The Labute approximate surface area is 130 Å². The Morgan fingerprint density at radius 2 is 2.19 bits per heavy atom. The van der Waals surface area contributed by atoms with Gasteiger partial charge in [0.15, 0.2) is 0 Å². The zero-order chi connectivity index (χ0) is 15.2. The van der Waals surface area contributed by atoms with Crippen molar-refractivity contribution in [3.8, 4) is 0 Å². The molecule has 0 aliphatic heterocycles. The molecule has 3 N–H and O–H groups in total. The minimum Gasteiger partial charge on any atom is -0.465 e. The monoisotopic (exact) mass is 322 g/mol. The number of ether oxygens (including phenoxy) is 1. The maximum absolute atomic E-state index is 11.9. The summed E-state index contributed by atoms with van der Waals surface area (Å²) < 4.78 is 4.66. The van der Waals surface area contributed by atoms with Crippen LogP contribution in [0.25, 0.3) is 0 Å². The molecule has 0 fully saturated rings. The average molecular weight is 322 g/mol. The van der Waals surface area contributed by atoms with E-state index in [9.17, 15) is 9.59 Å². The molecule has 0 aliphatic carbocycles. The van der Waals surface area contributed by atoms with Gasteiger partial charge in [-0.1, -0.05) is 6.07 Å². The van der Waals surface area contributed by atoms with E-state index in [0.29, 0.717) is 16.3 Å². The Kier molecular flexibility index (Phi) is 5.24. The van der Waals surface area contributed by atoms with Crippen LogP contribution in [0.15, 0.2) is 40.6 Å². The van der Waals surface area contributed by atoms with Crippen molar-refractivity contribution in [2.45, 2.75) is 4.90 Å². The number of hydrogen-bond acceptors (Lipinski definition) is 6. The largest absolute Gasteiger partial charge is 0.465 e. The van der Waals surface area contributed by atoms with Crippen LogP contribution in [0.1, 0.15) is 9.67 Å². The molecule has 1 aromatic carbocycles. The number of nitrogens with two attached hydrogens (primary N) is 1. The van der Waals surface area contributed by atoms with Gasteiger partial charge in [-0.05, 0) is 29.6 Å². The quantitative estimate of drug-likeness (QED) is 0.502. The lowest BCUT2D eigenvalue weighted by atomic mass is 10.3. The number of carbonyl (C=O) groups excluding carboxylic acids is 2. The minimum absolute atomic E-state index is 0.189. The van der Waals surface area contributed by atoms with Crippen molar-refractivity contribution in [2.24, 2.45) is 0 Å². The van der Waals surface area contributed by atoms with Gasteiger partial charge in [0.1, 0.15) is 4.88 Å². The van der Waals surface area contributed by atoms with Gasteiger partial charge < -0.3 is 15.8 Å². The molecule has 0 spiro atoms. The molecule has 2 rings (SSSR count). The molecule has 110 valence electrons. The van der Waals surface area contributed by atoms with Crippen LogP contribution in [0.2, 0.25) is 0 Å². The number of esters is 1. The lowest BCUT2D eigenvalue weighted by Crippen LogP contribution is -2.15. The highest BCUT2D eigenvalue weighted by molar-refractivity contribution is 8.00. The van der Waals surface area contributed by atoms with E-state index in [0.717, 1.165) is 4.90 Å². The summed E-state index contributed by atoms with van der Waals surface area (Å²) in [6, 6.07) is 9.00. The molecule has 0 aliphatic rings. The smallest absolute Gasteiger partial charge is 0.350 e. The lowest BCUT2D eigenvalue weighted by Gasteiger charge is -2.06. The van der Waals surface area contributed by atoms with E-state index in [-0.39, 0.29) is 11.7 Å². The summed E-state index contributed by atoms with van der Waals surface area (Å²) in [5.41, 5.74) is 6.81. The molecular weight excluding hydrogens is 308 g/mol. The molecule has 0 saturated heterocycles. The minimum atomic E-state index is -0.455. The second-order valence-corrected chi connectivity index (χ2v) is 6.03. The van der Waals surface area contributed by atoms with E-state index in [1.807, 2.05) is 18.2 Å². The van der Waals surface area contributed by atoms with Gasteiger partial charge in [-0.2, -0.15) is 0 Å². The molecule has 0 saturated carbocycles. The van der Waals surface area contributed by atoms with Gasteiger partial charge in [0.2, 0.25) is 5.91 Å². The first-order valence-electron chi connectivity index (χ1n) is 6.04. The number of nitrogen functional groups attached to an aromatic ring is 1. The summed E-state index contributed by atoms with van der Waals surface area (Å²) >= 11 is 2.61. The summed E-state index contributed by atoms with van der Waals surface area (Å²) in [5, 5.41) is 4.44. The summed E-state index contributed by atoms with van der Waals surface area (Å²) in [5.74, 6) is -0.408. The number of methoxy groups -OCH3 is 1. The maximum atomic E-state index is 11.9. The van der Waals surface area contributed by atoms with Crippen molar-refractivity contribution in [2.75, 3.05) is 23.9 Å². The number of thioether (sulfide) groups is 1. The molecule has 0 radical (unpaired) electrons. The molecule has 2 aromatic rings. The van der Waals surface area contributed by atoms with Crippen LogP contribution in [0.3, 0.4) is 0 Å².